The molecule has 0 aromatic rings. The number of hydrogen-bond acceptors (Lipinski definition) is 3. The molecule has 4 nitrogen and oxygen atoms in total. The van der Waals surface area contributed by atoms with Crippen LogP contribution in [0.3, 0.4) is 0 Å². The van der Waals surface area contributed by atoms with E-state index in [0.717, 1.165) is 0 Å². The lowest BCUT2D eigenvalue weighted by atomic mass is 10.2. The summed E-state index contributed by atoms with van der Waals surface area (Å²) >= 11 is 0. The number of β-amino-alcohol motifs (C(OH)–C–C–N with tert-alkyl or cyclic N) is 1. The molecule has 1 aliphatic heterocycles. The molecule has 1 aliphatic rings. The van der Waals surface area contributed by atoms with Gasteiger partial charge < -0.3 is 9.84 Å². The monoisotopic (exact) mass is 219 g/mol. The maximum Gasteiger partial charge on any atom is 0.410 e. The second-order valence-electron chi connectivity index (χ2n) is 4.83. The van der Waals surface area contributed by atoms with Crippen LogP contribution in [0.2, 0.25) is 0 Å². The molecule has 1 rings (SSSR count). The lowest BCUT2D eigenvalue weighted by molar-refractivity contribution is 0.0191. The molecule has 2 unspecified atom stereocenters. The second kappa shape index (κ2) is 4.35. The van der Waals surface area contributed by atoms with E-state index in [-0.39, 0.29) is 13.0 Å². The minimum atomic E-state index is -0.643. The van der Waals surface area contributed by atoms with Crippen molar-refractivity contribution in [2.24, 2.45) is 0 Å². The minimum absolute atomic E-state index is 0.156. The van der Waals surface area contributed by atoms with Crippen LogP contribution in [0, 0.1) is 0 Å². The zero-order valence-corrected chi connectivity index (χ0v) is 9.36. The average Bonchev–Trinajstić information content (AvgIpc) is 2.43. The third kappa shape index (κ3) is 3.34. The number of nitrogens with zero attached hydrogens (tertiary/aromatic N) is 1. The lowest BCUT2D eigenvalue weighted by Crippen LogP contribution is -2.41. The number of ether oxygens (including phenoxy) is 1. The van der Waals surface area contributed by atoms with Crippen LogP contribution >= 0.6 is 0 Å². The quantitative estimate of drug-likeness (QED) is 0.723. The van der Waals surface area contributed by atoms with Crippen molar-refractivity contribution in [3.8, 4) is 0 Å². The van der Waals surface area contributed by atoms with E-state index in [1.807, 2.05) is 0 Å². The molecule has 1 saturated heterocycles. The van der Waals surface area contributed by atoms with Crippen molar-refractivity contribution in [2.75, 3.05) is 13.2 Å². The molecule has 0 bridgehead atoms. The summed E-state index contributed by atoms with van der Waals surface area (Å²) in [5.41, 5.74) is -0.592. The number of aliphatic hydroxyl groups is 1. The number of amides is 1. The number of aliphatic hydroxyl groups excluding tert-OH is 1. The van der Waals surface area contributed by atoms with Crippen molar-refractivity contribution in [3.63, 3.8) is 0 Å². The third-order valence-corrected chi connectivity index (χ3v) is 2.20. The normalized spacial score (nSPS) is 26.9. The Morgan fingerprint density at radius 1 is 1.60 bits per heavy atom. The van der Waals surface area contributed by atoms with E-state index >= 15 is 0 Å². The van der Waals surface area contributed by atoms with Gasteiger partial charge in [0.15, 0.2) is 0 Å². The first-order valence-corrected chi connectivity index (χ1v) is 5.07. The van der Waals surface area contributed by atoms with Gasteiger partial charge in [-0.05, 0) is 27.2 Å². The summed E-state index contributed by atoms with van der Waals surface area (Å²) in [5.74, 6) is 0. The third-order valence-electron chi connectivity index (χ3n) is 2.20. The van der Waals surface area contributed by atoms with Crippen LogP contribution in [0.4, 0.5) is 9.18 Å². The van der Waals surface area contributed by atoms with Crippen molar-refractivity contribution in [1.29, 1.82) is 0 Å². The molecule has 0 saturated carbocycles. The molecule has 15 heavy (non-hydrogen) atoms. The van der Waals surface area contributed by atoms with Crippen LogP contribution in [0.15, 0.2) is 0 Å². The SMILES string of the molecule is CC(C)(C)OC(=O)N1CC(O)CC1CF. The van der Waals surface area contributed by atoms with Crippen LogP contribution in [0.1, 0.15) is 27.2 Å². The van der Waals surface area contributed by atoms with Crippen molar-refractivity contribution >= 4 is 6.09 Å². The van der Waals surface area contributed by atoms with Crippen LogP contribution in [-0.2, 0) is 4.74 Å². The Hall–Kier alpha value is -0.840. The van der Waals surface area contributed by atoms with E-state index in [4.69, 9.17) is 4.74 Å². The number of carbonyl (C=O) groups is 1. The molecule has 5 heteroatoms. The molecule has 0 spiro atoms. The van der Waals surface area contributed by atoms with Crippen LogP contribution in [0.5, 0.6) is 0 Å². The summed E-state index contributed by atoms with van der Waals surface area (Å²) in [4.78, 5) is 12.9. The van der Waals surface area contributed by atoms with Crippen LogP contribution in [-0.4, -0.2) is 47.1 Å². The smallest absolute Gasteiger partial charge is 0.410 e. The highest BCUT2D eigenvalue weighted by Gasteiger charge is 2.36. The predicted octanol–water partition coefficient (Wildman–Crippen LogP) is 1.33. The fraction of sp³-hybridized carbons (Fsp3) is 0.900. The number of halogens is 1. The number of hydrogen-bond donors (Lipinski definition) is 1. The van der Waals surface area contributed by atoms with Gasteiger partial charge >= 0.3 is 6.09 Å². The average molecular weight is 219 g/mol. The Kier molecular flexibility index (Phi) is 3.54. The Balaban J connectivity index is 2.59. The van der Waals surface area contributed by atoms with Gasteiger partial charge in [0.25, 0.3) is 0 Å². The molecule has 0 aromatic carbocycles. The maximum absolute atomic E-state index is 12.6. The molecule has 1 fully saturated rings. The van der Waals surface area contributed by atoms with Crippen molar-refractivity contribution in [1.82, 2.24) is 4.90 Å². The molecular weight excluding hydrogens is 201 g/mol. The van der Waals surface area contributed by atoms with Crippen molar-refractivity contribution in [2.45, 2.75) is 44.9 Å². The molecule has 0 aliphatic carbocycles. The highest BCUT2D eigenvalue weighted by Crippen LogP contribution is 2.21. The number of rotatable bonds is 1. The summed E-state index contributed by atoms with van der Waals surface area (Å²) in [6.45, 7) is 4.77. The zero-order chi connectivity index (χ0) is 11.6. The Bertz CT molecular complexity index is 239. The van der Waals surface area contributed by atoms with Gasteiger partial charge in [-0.2, -0.15) is 0 Å². The number of alkyl halides is 1. The summed E-state index contributed by atoms with van der Waals surface area (Å²) < 4.78 is 17.7. The fourth-order valence-electron chi connectivity index (χ4n) is 1.58. The van der Waals surface area contributed by atoms with Gasteiger partial charge in [0.2, 0.25) is 0 Å². The molecule has 0 radical (unpaired) electrons. The van der Waals surface area contributed by atoms with E-state index in [1.54, 1.807) is 20.8 Å². The summed E-state index contributed by atoms with van der Waals surface area (Å²) in [6, 6.07) is -0.546. The maximum atomic E-state index is 12.6. The van der Waals surface area contributed by atoms with Crippen molar-refractivity contribution in [3.05, 3.63) is 0 Å². The standard InChI is InChI=1S/C10H18FNO3/c1-10(2,3)15-9(14)12-6-8(13)4-7(12)5-11/h7-8,13H,4-6H2,1-3H3. The molecule has 1 amide bonds. The lowest BCUT2D eigenvalue weighted by Gasteiger charge is -2.27. The van der Waals surface area contributed by atoms with Crippen molar-refractivity contribution < 1.29 is 19.0 Å². The van der Waals surface area contributed by atoms with E-state index in [9.17, 15) is 14.3 Å². The van der Waals surface area contributed by atoms with Gasteiger partial charge in [-0.3, -0.25) is 4.90 Å². The number of likely N-dealkylation sites (tertiary alicyclic amines) is 1. The second-order valence-corrected chi connectivity index (χ2v) is 4.83. The minimum Gasteiger partial charge on any atom is -0.444 e. The first-order chi connectivity index (χ1) is 6.83. The van der Waals surface area contributed by atoms with Gasteiger partial charge in [0, 0.05) is 0 Å². The highest BCUT2D eigenvalue weighted by molar-refractivity contribution is 5.69. The van der Waals surface area contributed by atoms with E-state index in [2.05, 4.69) is 0 Å². The van der Waals surface area contributed by atoms with Gasteiger partial charge in [0.1, 0.15) is 12.3 Å². The first-order valence-electron chi connectivity index (χ1n) is 5.07. The van der Waals surface area contributed by atoms with E-state index in [1.165, 1.54) is 4.90 Å². The Morgan fingerprint density at radius 3 is 2.67 bits per heavy atom. The summed E-state index contributed by atoms with van der Waals surface area (Å²) in [6.07, 6.45) is -0.907. The largest absolute Gasteiger partial charge is 0.444 e. The van der Waals surface area contributed by atoms with Gasteiger partial charge in [-0.15, -0.1) is 0 Å². The molecule has 1 heterocycles. The molecular formula is C10H18FNO3. The fourth-order valence-corrected chi connectivity index (χ4v) is 1.58. The van der Waals surface area contributed by atoms with Crippen LogP contribution in [0.25, 0.3) is 0 Å². The summed E-state index contributed by atoms with van der Waals surface area (Å²) in [5, 5.41) is 9.33. The van der Waals surface area contributed by atoms with E-state index < -0.39 is 30.5 Å². The first kappa shape index (κ1) is 12.2. The molecule has 0 aromatic heterocycles. The van der Waals surface area contributed by atoms with Gasteiger partial charge in [0.05, 0.1) is 18.7 Å². The predicted molar refractivity (Wildman–Crippen MR) is 53.3 cm³/mol. The number of carbonyl (C=O) groups excluding carboxylic acids is 1. The van der Waals surface area contributed by atoms with E-state index in [0.29, 0.717) is 0 Å². The molecule has 1 N–H and O–H groups in total. The molecule has 2 atom stereocenters. The Labute approximate surface area is 89.0 Å². The Morgan fingerprint density at radius 2 is 2.20 bits per heavy atom. The van der Waals surface area contributed by atoms with Gasteiger partial charge in [-0.1, -0.05) is 0 Å². The zero-order valence-electron chi connectivity index (χ0n) is 9.36. The highest BCUT2D eigenvalue weighted by atomic mass is 19.1. The summed E-state index contributed by atoms with van der Waals surface area (Å²) in [7, 11) is 0. The topological polar surface area (TPSA) is 49.8 Å². The van der Waals surface area contributed by atoms with Crippen LogP contribution < -0.4 is 0 Å². The van der Waals surface area contributed by atoms with Gasteiger partial charge in [-0.25, -0.2) is 9.18 Å². The molecule has 88 valence electrons.